The van der Waals surface area contributed by atoms with E-state index in [2.05, 4.69) is 9.72 Å². The Kier molecular flexibility index (Phi) is 4.53. The van der Waals surface area contributed by atoms with Crippen molar-refractivity contribution in [2.24, 2.45) is 5.73 Å². The Balaban J connectivity index is 3.20. The van der Waals surface area contributed by atoms with Gasteiger partial charge in [-0.3, -0.25) is 0 Å². The van der Waals surface area contributed by atoms with E-state index in [1.54, 1.807) is 22.6 Å². The fourth-order valence-electron chi connectivity index (χ4n) is 1.11. The topological polar surface area (TPSA) is 71.9 Å². The third-order valence-corrected chi connectivity index (χ3v) is 2.90. The predicted octanol–water partition coefficient (Wildman–Crippen LogP) is 2.11. The Morgan fingerprint density at radius 3 is 2.65 bits per heavy atom. The zero-order valence-corrected chi connectivity index (χ0v) is 10.5. The van der Waals surface area contributed by atoms with Crippen molar-refractivity contribution in [3.05, 3.63) is 20.9 Å². The van der Waals surface area contributed by atoms with Crippen molar-refractivity contribution in [2.75, 3.05) is 0 Å². The molecule has 4 nitrogen and oxygen atoms in total. The second kappa shape index (κ2) is 5.50. The Labute approximate surface area is 109 Å². The average Bonchev–Trinajstić information content (AvgIpc) is 2.22. The predicted molar refractivity (Wildman–Crippen MR) is 60.8 cm³/mol. The van der Waals surface area contributed by atoms with Crippen molar-refractivity contribution in [3.8, 4) is 11.9 Å². The van der Waals surface area contributed by atoms with Gasteiger partial charge in [0.25, 0.3) is 0 Å². The van der Waals surface area contributed by atoms with Crippen molar-refractivity contribution in [1.29, 1.82) is 5.26 Å². The highest BCUT2D eigenvalue weighted by atomic mass is 127. The normalized spacial score (nSPS) is 11.1. The highest BCUT2D eigenvalue weighted by Crippen LogP contribution is 2.28. The molecule has 17 heavy (non-hydrogen) atoms. The molecule has 0 radical (unpaired) electrons. The quantitative estimate of drug-likeness (QED) is 0.842. The first-order valence-electron chi connectivity index (χ1n) is 4.38. The van der Waals surface area contributed by atoms with Crippen LogP contribution in [0.2, 0.25) is 0 Å². The molecule has 0 amide bonds. The third kappa shape index (κ3) is 4.01. The summed E-state index contributed by atoms with van der Waals surface area (Å²) in [5.74, 6) is -0.564. The van der Waals surface area contributed by atoms with Crippen molar-refractivity contribution >= 4 is 22.6 Å². The summed E-state index contributed by atoms with van der Waals surface area (Å²) in [6.07, 6.45) is -4.84. The molecular formula is C9H7F3IN3O. The Morgan fingerprint density at radius 1 is 1.53 bits per heavy atom. The summed E-state index contributed by atoms with van der Waals surface area (Å²) in [5, 5.41) is 8.56. The fourth-order valence-corrected chi connectivity index (χ4v) is 1.69. The minimum absolute atomic E-state index is 0.0242. The van der Waals surface area contributed by atoms with E-state index in [9.17, 15) is 13.2 Å². The summed E-state index contributed by atoms with van der Waals surface area (Å²) in [6.45, 7) is -0.0242. The SMILES string of the molecule is N#CCc1cc(CN)nc(OC(F)(F)F)c1I. The summed E-state index contributed by atoms with van der Waals surface area (Å²) >= 11 is 1.66. The molecule has 1 aromatic heterocycles. The molecule has 0 aliphatic carbocycles. The molecule has 0 spiro atoms. The summed E-state index contributed by atoms with van der Waals surface area (Å²) in [5.41, 5.74) is 5.98. The maximum atomic E-state index is 12.1. The lowest BCUT2D eigenvalue weighted by Crippen LogP contribution is -2.20. The number of rotatable bonds is 3. The van der Waals surface area contributed by atoms with Gasteiger partial charge in [-0.2, -0.15) is 5.26 Å². The van der Waals surface area contributed by atoms with Crippen molar-refractivity contribution in [2.45, 2.75) is 19.3 Å². The van der Waals surface area contributed by atoms with Gasteiger partial charge in [0.05, 0.1) is 21.8 Å². The zero-order valence-electron chi connectivity index (χ0n) is 8.38. The van der Waals surface area contributed by atoms with Gasteiger partial charge in [0.2, 0.25) is 5.88 Å². The van der Waals surface area contributed by atoms with Crippen LogP contribution in [0.5, 0.6) is 5.88 Å². The van der Waals surface area contributed by atoms with E-state index in [0.29, 0.717) is 5.56 Å². The van der Waals surface area contributed by atoms with E-state index in [-0.39, 0.29) is 22.2 Å². The van der Waals surface area contributed by atoms with Gasteiger partial charge in [0, 0.05) is 6.54 Å². The third-order valence-electron chi connectivity index (χ3n) is 1.75. The Morgan fingerprint density at radius 2 is 2.18 bits per heavy atom. The Bertz CT molecular complexity index is 456. The average molecular weight is 357 g/mol. The molecule has 1 aromatic rings. The van der Waals surface area contributed by atoms with Gasteiger partial charge >= 0.3 is 6.36 Å². The van der Waals surface area contributed by atoms with Crippen molar-refractivity contribution in [1.82, 2.24) is 4.98 Å². The van der Waals surface area contributed by atoms with E-state index in [1.165, 1.54) is 6.07 Å². The summed E-state index contributed by atoms with van der Waals surface area (Å²) in [4.78, 5) is 3.63. The maximum absolute atomic E-state index is 12.1. The molecule has 0 saturated heterocycles. The molecule has 0 aliphatic rings. The van der Waals surface area contributed by atoms with Crippen LogP contribution in [0.4, 0.5) is 13.2 Å². The van der Waals surface area contributed by atoms with Crippen LogP contribution in [-0.4, -0.2) is 11.3 Å². The molecule has 0 unspecified atom stereocenters. The number of nitrogens with two attached hydrogens (primary N) is 1. The molecular weight excluding hydrogens is 350 g/mol. The molecule has 1 heterocycles. The minimum Gasteiger partial charge on any atom is -0.387 e. The first kappa shape index (κ1) is 14.0. The second-order valence-electron chi connectivity index (χ2n) is 2.98. The molecule has 92 valence electrons. The van der Waals surface area contributed by atoms with E-state index < -0.39 is 12.2 Å². The number of halogens is 4. The molecule has 0 saturated carbocycles. The fraction of sp³-hybridized carbons (Fsp3) is 0.333. The lowest BCUT2D eigenvalue weighted by atomic mass is 10.2. The van der Waals surface area contributed by atoms with E-state index in [1.807, 2.05) is 6.07 Å². The Hall–Kier alpha value is -1.08. The number of nitriles is 1. The van der Waals surface area contributed by atoms with E-state index in [0.717, 1.165) is 0 Å². The molecule has 1 rings (SSSR count). The number of hydrogen-bond donors (Lipinski definition) is 1. The van der Waals surface area contributed by atoms with E-state index >= 15 is 0 Å². The van der Waals surface area contributed by atoms with Gasteiger partial charge in [0.1, 0.15) is 0 Å². The van der Waals surface area contributed by atoms with Gasteiger partial charge < -0.3 is 10.5 Å². The number of pyridine rings is 1. The summed E-state index contributed by atoms with van der Waals surface area (Å²) in [6, 6.07) is 3.35. The lowest BCUT2D eigenvalue weighted by Gasteiger charge is -2.12. The lowest BCUT2D eigenvalue weighted by molar-refractivity contribution is -0.276. The molecule has 0 bridgehead atoms. The summed E-state index contributed by atoms with van der Waals surface area (Å²) < 4.78 is 40.3. The highest BCUT2D eigenvalue weighted by Gasteiger charge is 2.33. The zero-order chi connectivity index (χ0) is 13.1. The van der Waals surface area contributed by atoms with Gasteiger partial charge in [-0.25, -0.2) is 4.98 Å². The number of aromatic nitrogens is 1. The molecule has 0 fully saturated rings. The van der Waals surface area contributed by atoms with Crippen LogP contribution in [0.3, 0.4) is 0 Å². The monoisotopic (exact) mass is 357 g/mol. The molecule has 0 aromatic carbocycles. The van der Waals surface area contributed by atoms with Crippen LogP contribution >= 0.6 is 22.6 Å². The molecule has 0 atom stereocenters. The smallest absolute Gasteiger partial charge is 0.387 e. The van der Waals surface area contributed by atoms with Crippen LogP contribution in [0.1, 0.15) is 11.3 Å². The summed E-state index contributed by atoms with van der Waals surface area (Å²) in [7, 11) is 0. The number of nitrogens with zero attached hydrogens (tertiary/aromatic N) is 2. The minimum atomic E-state index is -4.82. The molecule has 8 heteroatoms. The molecule has 2 N–H and O–H groups in total. The van der Waals surface area contributed by atoms with E-state index in [4.69, 9.17) is 11.0 Å². The van der Waals surface area contributed by atoms with Gasteiger partial charge in [-0.15, -0.1) is 13.2 Å². The van der Waals surface area contributed by atoms with Crippen molar-refractivity contribution < 1.29 is 17.9 Å². The highest BCUT2D eigenvalue weighted by molar-refractivity contribution is 14.1. The van der Waals surface area contributed by atoms with Crippen LogP contribution in [0.15, 0.2) is 6.07 Å². The number of hydrogen-bond acceptors (Lipinski definition) is 4. The number of alkyl halides is 3. The maximum Gasteiger partial charge on any atom is 0.574 e. The standard InChI is InChI=1S/C9H7F3IN3O/c10-9(11,12)17-8-7(13)5(1-2-14)3-6(4-15)16-8/h3H,1,4,15H2. The number of ether oxygens (including phenoxy) is 1. The van der Waals surface area contributed by atoms with Gasteiger partial charge in [-0.05, 0) is 34.2 Å². The van der Waals surface area contributed by atoms with Crippen LogP contribution < -0.4 is 10.5 Å². The van der Waals surface area contributed by atoms with Crippen LogP contribution in [0.25, 0.3) is 0 Å². The van der Waals surface area contributed by atoms with Gasteiger partial charge in [-0.1, -0.05) is 0 Å². The van der Waals surface area contributed by atoms with Gasteiger partial charge in [0.15, 0.2) is 0 Å². The largest absolute Gasteiger partial charge is 0.574 e. The first-order chi connectivity index (χ1) is 7.87. The second-order valence-corrected chi connectivity index (χ2v) is 4.06. The molecule has 0 aliphatic heterocycles. The van der Waals surface area contributed by atoms with Crippen molar-refractivity contribution in [3.63, 3.8) is 0 Å². The van der Waals surface area contributed by atoms with Crippen LogP contribution in [0, 0.1) is 14.9 Å². The first-order valence-corrected chi connectivity index (χ1v) is 5.46. The van der Waals surface area contributed by atoms with Crippen LogP contribution in [-0.2, 0) is 13.0 Å².